The smallest absolute Gasteiger partial charge is 0.317 e. The van der Waals surface area contributed by atoms with Crippen molar-refractivity contribution in [1.82, 2.24) is 14.7 Å². The van der Waals surface area contributed by atoms with Gasteiger partial charge < -0.3 is 25.7 Å². The summed E-state index contributed by atoms with van der Waals surface area (Å²) in [4.78, 5) is 62.0. The number of carboxylic acids is 4. The number of carboxylic acid groups (broad SMARTS) is 4. The maximum Gasteiger partial charge on any atom is 0.317 e. The van der Waals surface area contributed by atoms with Crippen LogP contribution < -0.4 is 5.32 Å². The van der Waals surface area contributed by atoms with Crippen molar-refractivity contribution in [3.8, 4) is 0 Å². The number of hydrogen-bond acceptors (Lipinski definition) is 9. The Labute approximate surface area is 238 Å². The fraction of sp³-hybridized carbons (Fsp3) is 0.478. The van der Waals surface area contributed by atoms with Crippen molar-refractivity contribution in [2.24, 2.45) is 0 Å². The van der Waals surface area contributed by atoms with Crippen LogP contribution in [0.15, 0.2) is 24.3 Å². The number of benzene rings is 1. The van der Waals surface area contributed by atoms with Crippen molar-refractivity contribution in [2.75, 3.05) is 57.7 Å². The van der Waals surface area contributed by atoms with Gasteiger partial charge in [0.15, 0.2) is 0 Å². The quantitative estimate of drug-likeness (QED) is 0.0783. The molecule has 0 radical (unpaired) electrons. The summed E-state index contributed by atoms with van der Waals surface area (Å²) in [7, 11) is 0. The number of nitrogens with zero attached hydrogens (tertiary/aromatic N) is 3. The Morgan fingerprint density at radius 2 is 1.29 bits per heavy atom. The molecule has 210 valence electrons. The lowest BCUT2D eigenvalue weighted by Gasteiger charge is -2.34. The molecule has 0 aliphatic heterocycles. The molecule has 1 atom stereocenters. The minimum atomic E-state index is -1.23. The summed E-state index contributed by atoms with van der Waals surface area (Å²) in [6.07, 6.45) is 0.276. The van der Waals surface area contributed by atoms with Crippen LogP contribution >= 0.6 is 34.8 Å². The van der Waals surface area contributed by atoms with Crippen LogP contribution in [0.25, 0.3) is 0 Å². The fourth-order valence-electron chi connectivity index (χ4n) is 3.76. The van der Waals surface area contributed by atoms with Crippen LogP contribution in [0.2, 0.25) is 0 Å². The van der Waals surface area contributed by atoms with Gasteiger partial charge in [-0.15, -0.1) is 0 Å². The Morgan fingerprint density at radius 1 is 0.816 bits per heavy atom. The first-order valence-corrected chi connectivity index (χ1v) is 12.8. The molecule has 0 aliphatic rings. The molecule has 0 bridgehead atoms. The van der Waals surface area contributed by atoms with Gasteiger partial charge in [-0.05, 0) is 31.0 Å². The topological polar surface area (TPSA) is 188 Å². The van der Waals surface area contributed by atoms with E-state index in [1.54, 1.807) is 53.8 Å². The zero-order valence-electron chi connectivity index (χ0n) is 20.7. The van der Waals surface area contributed by atoms with Crippen molar-refractivity contribution < 1.29 is 44.4 Å². The highest BCUT2D eigenvalue weighted by Crippen LogP contribution is 2.16. The molecular formula is C23H31IN4O9S. The van der Waals surface area contributed by atoms with Crippen molar-refractivity contribution in [1.29, 1.82) is 0 Å². The maximum atomic E-state index is 11.9. The summed E-state index contributed by atoms with van der Waals surface area (Å²) in [5.74, 6) is -4.80. The summed E-state index contributed by atoms with van der Waals surface area (Å²) >= 11 is 6.60. The van der Waals surface area contributed by atoms with E-state index in [9.17, 15) is 34.2 Å². The molecule has 0 heterocycles. The maximum absolute atomic E-state index is 11.9. The van der Waals surface area contributed by atoms with Crippen LogP contribution in [-0.2, 0) is 30.4 Å². The Balaban J connectivity index is 3.23. The molecule has 1 aromatic carbocycles. The third-order valence-electron chi connectivity index (χ3n) is 5.21. The number of carbonyl (C=O) groups is 5. The highest BCUT2D eigenvalue weighted by Gasteiger charge is 2.27. The van der Waals surface area contributed by atoms with Gasteiger partial charge in [0.2, 0.25) is 3.79 Å². The molecule has 15 heteroatoms. The first-order chi connectivity index (χ1) is 17.7. The number of nitrogens with one attached hydrogen (secondary N) is 1. The zero-order chi connectivity index (χ0) is 28.8. The minimum Gasteiger partial charge on any atom is -0.480 e. The van der Waals surface area contributed by atoms with E-state index in [-0.39, 0.29) is 36.4 Å². The average Bonchev–Trinajstić information content (AvgIpc) is 2.75. The third-order valence-corrected chi connectivity index (χ3v) is 5.65. The normalized spacial score (nSPS) is 11.9. The molecule has 1 aromatic rings. The van der Waals surface area contributed by atoms with Crippen LogP contribution in [-0.4, -0.2) is 126 Å². The monoisotopic (exact) mass is 666 g/mol. The first-order valence-electron chi connectivity index (χ1n) is 11.4. The number of carbonyl (C=O) groups excluding carboxylic acids is 1. The number of halogens is 1. The Bertz CT molecular complexity index is 977. The summed E-state index contributed by atoms with van der Waals surface area (Å²) in [5, 5.41) is 40.1. The molecule has 0 saturated heterocycles. The summed E-state index contributed by atoms with van der Waals surface area (Å²) < 4.78 is -0.302. The van der Waals surface area contributed by atoms with E-state index in [0.717, 1.165) is 16.2 Å². The Kier molecular flexibility index (Phi) is 14.9. The van der Waals surface area contributed by atoms with E-state index < -0.39 is 56.1 Å². The summed E-state index contributed by atoms with van der Waals surface area (Å²) in [6.45, 7) is -0.509. The van der Waals surface area contributed by atoms with Gasteiger partial charge in [0, 0.05) is 54.0 Å². The SMILES string of the molecule is CC(=S)Nc1ccc(CC(CN(CCN(CC(=O)O)CC(=O)O)CC(=O)O)N(CC(=O)O)CC(=O)I)cc1. The third kappa shape index (κ3) is 14.9. The lowest BCUT2D eigenvalue weighted by molar-refractivity contribution is -0.143. The van der Waals surface area contributed by atoms with Gasteiger partial charge in [0.25, 0.3) is 0 Å². The minimum absolute atomic E-state index is 0.000739. The van der Waals surface area contributed by atoms with Crippen molar-refractivity contribution in [3.63, 3.8) is 0 Å². The van der Waals surface area contributed by atoms with Crippen LogP contribution in [0, 0.1) is 0 Å². The van der Waals surface area contributed by atoms with E-state index in [1.807, 2.05) is 0 Å². The summed E-state index contributed by atoms with van der Waals surface area (Å²) in [6, 6.07) is 6.58. The van der Waals surface area contributed by atoms with Crippen molar-refractivity contribution >= 4 is 73.2 Å². The molecule has 0 saturated carbocycles. The van der Waals surface area contributed by atoms with Gasteiger partial charge in [0.1, 0.15) is 0 Å². The molecule has 1 rings (SSSR count). The van der Waals surface area contributed by atoms with Crippen LogP contribution in [0.1, 0.15) is 12.5 Å². The van der Waals surface area contributed by atoms with E-state index in [2.05, 4.69) is 5.32 Å². The van der Waals surface area contributed by atoms with Gasteiger partial charge in [-0.25, -0.2) is 0 Å². The second kappa shape index (κ2) is 17.0. The van der Waals surface area contributed by atoms with Crippen LogP contribution in [0.5, 0.6) is 0 Å². The number of hydrogen-bond donors (Lipinski definition) is 5. The van der Waals surface area contributed by atoms with Gasteiger partial charge in [0.05, 0.1) is 37.7 Å². The molecule has 0 fully saturated rings. The number of rotatable bonds is 19. The molecule has 1 unspecified atom stereocenters. The molecule has 0 aromatic heterocycles. The second-order valence-electron chi connectivity index (χ2n) is 8.52. The molecule has 13 nitrogen and oxygen atoms in total. The van der Waals surface area contributed by atoms with Gasteiger partial charge in [-0.2, -0.15) is 0 Å². The van der Waals surface area contributed by atoms with Crippen LogP contribution in [0.3, 0.4) is 0 Å². The van der Waals surface area contributed by atoms with Gasteiger partial charge >= 0.3 is 23.9 Å². The molecule has 0 amide bonds. The predicted molar refractivity (Wildman–Crippen MR) is 150 cm³/mol. The number of anilines is 1. The van der Waals surface area contributed by atoms with E-state index in [1.165, 1.54) is 9.80 Å². The van der Waals surface area contributed by atoms with Crippen molar-refractivity contribution in [3.05, 3.63) is 29.8 Å². The zero-order valence-corrected chi connectivity index (χ0v) is 23.7. The largest absolute Gasteiger partial charge is 0.480 e. The molecule has 0 spiro atoms. The predicted octanol–water partition coefficient (Wildman–Crippen LogP) is 0.563. The lowest BCUT2D eigenvalue weighted by atomic mass is 10.0. The number of aliphatic carboxylic acids is 4. The molecule has 38 heavy (non-hydrogen) atoms. The van der Waals surface area contributed by atoms with E-state index in [0.29, 0.717) is 4.99 Å². The molecule has 5 N–H and O–H groups in total. The molecular weight excluding hydrogens is 635 g/mol. The van der Waals surface area contributed by atoms with Crippen LogP contribution in [0.4, 0.5) is 5.69 Å². The van der Waals surface area contributed by atoms with Gasteiger partial charge in [-0.3, -0.25) is 38.7 Å². The van der Waals surface area contributed by atoms with E-state index in [4.69, 9.17) is 22.4 Å². The Morgan fingerprint density at radius 3 is 1.74 bits per heavy atom. The van der Waals surface area contributed by atoms with Gasteiger partial charge in [-0.1, -0.05) is 24.4 Å². The highest BCUT2D eigenvalue weighted by atomic mass is 127. The lowest BCUT2D eigenvalue weighted by Crippen LogP contribution is -2.51. The second-order valence-corrected chi connectivity index (χ2v) is 10.3. The summed E-state index contributed by atoms with van der Waals surface area (Å²) in [5.41, 5.74) is 1.56. The average molecular weight is 666 g/mol. The standard InChI is InChI=1S/C23H31IN4O9S/c1-15(38)25-17-4-2-16(3-5-17)8-18(28(10-19(24)29)14-23(36)37)9-26(11-20(30)31)6-7-27(12-21(32)33)13-22(34)35/h2-5,18H,6-14H2,1H3,(H,25,38)(H,30,31)(H,32,33)(H,34,35)(H,36,37). The molecule has 0 aliphatic carbocycles. The first kappa shape index (κ1) is 33.3. The van der Waals surface area contributed by atoms with E-state index >= 15 is 0 Å². The number of thiocarbonyl (C=S) groups is 1. The van der Waals surface area contributed by atoms with Crippen molar-refractivity contribution in [2.45, 2.75) is 19.4 Å². The highest BCUT2D eigenvalue weighted by molar-refractivity contribution is 14.1. The Hall–Kier alpha value is -2.73. The fourth-order valence-corrected chi connectivity index (χ4v) is 4.32.